The molecule has 1 N–H and O–H groups in total. The second kappa shape index (κ2) is 10.7. The van der Waals surface area contributed by atoms with Crippen molar-refractivity contribution in [2.45, 2.75) is 46.0 Å². The van der Waals surface area contributed by atoms with Crippen molar-refractivity contribution in [3.05, 3.63) is 76.9 Å². The van der Waals surface area contributed by atoms with Gasteiger partial charge in [0, 0.05) is 28.6 Å². The third kappa shape index (κ3) is 6.45. The Balaban J connectivity index is 1.83. The van der Waals surface area contributed by atoms with Crippen molar-refractivity contribution >= 4 is 29.2 Å². The first-order valence-corrected chi connectivity index (χ1v) is 11.6. The number of carbonyl (C=O) groups excluding carboxylic acids is 2. The van der Waals surface area contributed by atoms with Gasteiger partial charge in [-0.2, -0.15) is 5.10 Å². The lowest BCUT2D eigenvalue weighted by Crippen LogP contribution is -2.39. The molecule has 174 valence electrons. The van der Waals surface area contributed by atoms with Gasteiger partial charge in [-0.25, -0.2) is 4.68 Å². The van der Waals surface area contributed by atoms with Gasteiger partial charge in [0.15, 0.2) is 0 Å². The number of halogens is 1. The van der Waals surface area contributed by atoms with E-state index in [0.29, 0.717) is 22.9 Å². The van der Waals surface area contributed by atoms with E-state index in [4.69, 9.17) is 16.7 Å². The van der Waals surface area contributed by atoms with Crippen LogP contribution in [0.5, 0.6) is 0 Å². The molecule has 0 fully saturated rings. The minimum Gasteiger partial charge on any atom is -0.329 e. The van der Waals surface area contributed by atoms with Gasteiger partial charge in [-0.1, -0.05) is 63.9 Å². The van der Waals surface area contributed by atoms with E-state index >= 15 is 0 Å². The van der Waals surface area contributed by atoms with Crippen LogP contribution < -0.4 is 5.32 Å². The Labute approximate surface area is 200 Å². The number of rotatable bonds is 8. The predicted molar refractivity (Wildman–Crippen MR) is 133 cm³/mol. The van der Waals surface area contributed by atoms with Gasteiger partial charge in [0.25, 0.3) is 5.91 Å². The molecule has 1 heterocycles. The Hall–Kier alpha value is -3.12. The minimum atomic E-state index is -0.272. The molecule has 0 atom stereocenters. The van der Waals surface area contributed by atoms with Crippen molar-refractivity contribution in [2.75, 3.05) is 18.4 Å². The Morgan fingerprint density at radius 1 is 1.06 bits per heavy atom. The van der Waals surface area contributed by atoms with Gasteiger partial charge in [-0.15, -0.1) is 0 Å². The summed E-state index contributed by atoms with van der Waals surface area (Å²) in [7, 11) is 0. The third-order valence-corrected chi connectivity index (χ3v) is 5.49. The van der Waals surface area contributed by atoms with Crippen molar-refractivity contribution in [3.8, 4) is 5.69 Å². The molecule has 0 aliphatic heterocycles. The third-order valence-electron chi connectivity index (χ3n) is 5.24. The maximum atomic E-state index is 13.1. The molecule has 3 aromatic rings. The number of nitrogens with zero attached hydrogens (tertiary/aromatic N) is 3. The van der Waals surface area contributed by atoms with Crippen LogP contribution in [0.15, 0.2) is 60.7 Å². The molecule has 0 saturated carbocycles. The number of aromatic nitrogens is 2. The molecule has 0 spiro atoms. The van der Waals surface area contributed by atoms with Gasteiger partial charge in [-0.3, -0.25) is 9.59 Å². The highest BCUT2D eigenvalue weighted by Crippen LogP contribution is 2.26. The molecule has 0 saturated heterocycles. The highest BCUT2D eigenvalue weighted by Gasteiger charge is 2.23. The van der Waals surface area contributed by atoms with Crippen molar-refractivity contribution in [3.63, 3.8) is 0 Å². The Morgan fingerprint density at radius 2 is 1.73 bits per heavy atom. The molecule has 2 aromatic carbocycles. The summed E-state index contributed by atoms with van der Waals surface area (Å²) in [4.78, 5) is 27.7. The molecule has 0 aliphatic carbocycles. The Kier molecular flexibility index (Phi) is 7.92. The number of para-hydroxylation sites is 1. The average Bonchev–Trinajstić information content (AvgIpc) is 3.21. The van der Waals surface area contributed by atoms with E-state index in [1.807, 2.05) is 36.4 Å². The van der Waals surface area contributed by atoms with Crippen LogP contribution in [0.25, 0.3) is 5.69 Å². The van der Waals surface area contributed by atoms with E-state index in [0.717, 1.165) is 24.2 Å². The number of hydrogen-bond acceptors (Lipinski definition) is 3. The topological polar surface area (TPSA) is 67.2 Å². The summed E-state index contributed by atoms with van der Waals surface area (Å²) >= 11 is 5.96. The van der Waals surface area contributed by atoms with E-state index < -0.39 is 0 Å². The van der Waals surface area contributed by atoms with Gasteiger partial charge in [0.05, 0.1) is 11.4 Å². The first kappa shape index (κ1) is 24.5. The molecule has 6 nitrogen and oxygen atoms in total. The summed E-state index contributed by atoms with van der Waals surface area (Å²) < 4.78 is 1.73. The van der Waals surface area contributed by atoms with Crippen molar-refractivity contribution in [1.82, 2.24) is 14.7 Å². The van der Waals surface area contributed by atoms with Crippen LogP contribution in [0, 0.1) is 0 Å². The SMILES string of the molecule is CCCCN(CC(=O)Nc1cc(C(C)(C)C)nn1-c1ccccc1)C(=O)c1ccc(Cl)cc1. The first-order valence-electron chi connectivity index (χ1n) is 11.2. The second-order valence-electron chi connectivity index (χ2n) is 9.05. The Morgan fingerprint density at radius 3 is 2.33 bits per heavy atom. The zero-order chi connectivity index (χ0) is 24.0. The van der Waals surface area contributed by atoms with Crippen LogP contribution in [0.3, 0.4) is 0 Å². The summed E-state index contributed by atoms with van der Waals surface area (Å²) in [5.74, 6) is 0.110. The molecule has 0 radical (unpaired) electrons. The lowest BCUT2D eigenvalue weighted by atomic mass is 9.92. The van der Waals surface area contributed by atoms with Gasteiger partial charge >= 0.3 is 0 Å². The van der Waals surface area contributed by atoms with Crippen LogP contribution in [0.1, 0.15) is 56.6 Å². The molecule has 1 aromatic heterocycles. The summed E-state index contributed by atoms with van der Waals surface area (Å²) in [6.45, 7) is 8.73. The number of benzene rings is 2. The molecule has 0 bridgehead atoms. The number of hydrogen-bond donors (Lipinski definition) is 1. The monoisotopic (exact) mass is 466 g/mol. The molecular weight excluding hydrogens is 436 g/mol. The highest BCUT2D eigenvalue weighted by molar-refractivity contribution is 6.30. The van der Waals surface area contributed by atoms with Crippen molar-refractivity contribution in [2.24, 2.45) is 0 Å². The van der Waals surface area contributed by atoms with Gasteiger partial charge in [0.2, 0.25) is 5.91 Å². The molecule has 0 aliphatic rings. The van der Waals surface area contributed by atoms with Crippen molar-refractivity contribution < 1.29 is 9.59 Å². The number of nitrogens with one attached hydrogen (secondary N) is 1. The normalized spacial score (nSPS) is 11.3. The maximum Gasteiger partial charge on any atom is 0.254 e. The fourth-order valence-electron chi connectivity index (χ4n) is 3.33. The first-order chi connectivity index (χ1) is 15.7. The van der Waals surface area contributed by atoms with E-state index in [1.165, 1.54) is 0 Å². The largest absolute Gasteiger partial charge is 0.329 e. The standard InChI is InChI=1S/C26H31ClN4O2/c1-5-6-16-30(25(33)19-12-14-20(27)15-13-19)18-24(32)28-23-17-22(26(2,3)4)29-31(23)21-10-8-7-9-11-21/h7-15,17H,5-6,16,18H2,1-4H3,(H,28,32). The predicted octanol–water partition coefficient (Wildman–Crippen LogP) is 5.70. The lowest BCUT2D eigenvalue weighted by molar-refractivity contribution is -0.116. The van der Waals surface area contributed by atoms with Gasteiger partial charge in [0.1, 0.15) is 12.4 Å². The fourth-order valence-corrected chi connectivity index (χ4v) is 3.46. The molecular formula is C26H31ClN4O2. The van der Waals surface area contributed by atoms with Crippen LogP contribution in [0.2, 0.25) is 5.02 Å². The summed E-state index contributed by atoms with van der Waals surface area (Å²) in [5.41, 5.74) is 2.04. The molecule has 3 rings (SSSR count). The molecule has 7 heteroatoms. The second-order valence-corrected chi connectivity index (χ2v) is 9.48. The van der Waals surface area contributed by atoms with Gasteiger partial charge in [-0.05, 0) is 42.8 Å². The summed E-state index contributed by atoms with van der Waals surface area (Å²) in [6.07, 6.45) is 1.73. The maximum absolute atomic E-state index is 13.1. The zero-order valence-electron chi connectivity index (χ0n) is 19.6. The average molecular weight is 467 g/mol. The lowest BCUT2D eigenvalue weighted by Gasteiger charge is -2.22. The summed E-state index contributed by atoms with van der Waals surface area (Å²) in [5, 5.41) is 8.27. The van der Waals surface area contributed by atoms with Crippen LogP contribution in [-0.2, 0) is 10.2 Å². The Bertz CT molecular complexity index is 1090. The number of carbonyl (C=O) groups is 2. The zero-order valence-corrected chi connectivity index (χ0v) is 20.4. The van der Waals surface area contributed by atoms with E-state index in [9.17, 15) is 9.59 Å². The fraction of sp³-hybridized carbons (Fsp3) is 0.346. The molecule has 33 heavy (non-hydrogen) atoms. The van der Waals surface area contributed by atoms with Crippen molar-refractivity contribution in [1.29, 1.82) is 0 Å². The molecule has 0 unspecified atom stereocenters. The summed E-state index contributed by atoms with van der Waals surface area (Å²) in [6, 6.07) is 18.3. The quantitative estimate of drug-likeness (QED) is 0.462. The van der Waals surface area contributed by atoms with E-state index in [1.54, 1.807) is 33.8 Å². The highest BCUT2D eigenvalue weighted by atomic mass is 35.5. The number of amides is 2. The molecule has 2 amide bonds. The van der Waals surface area contributed by atoms with Crippen LogP contribution in [0.4, 0.5) is 5.82 Å². The minimum absolute atomic E-state index is 0.0493. The van der Waals surface area contributed by atoms with Crippen LogP contribution in [-0.4, -0.2) is 39.6 Å². The van der Waals surface area contributed by atoms with Crippen LogP contribution >= 0.6 is 11.6 Å². The van der Waals surface area contributed by atoms with E-state index in [2.05, 4.69) is 33.0 Å². The van der Waals surface area contributed by atoms with E-state index in [-0.39, 0.29) is 23.8 Å². The smallest absolute Gasteiger partial charge is 0.254 e. The van der Waals surface area contributed by atoms with Gasteiger partial charge < -0.3 is 10.2 Å². The number of anilines is 1. The number of unbranched alkanes of at least 4 members (excludes halogenated alkanes) is 1.